The van der Waals surface area contributed by atoms with Gasteiger partial charge < -0.3 is 9.47 Å². The van der Waals surface area contributed by atoms with E-state index in [-0.39, 0.29) is 17.2 Å². The summed E-state index contributed by atoms with van der Waals surface area (Å²) in [5.41, 5.74) is -1.36. The Morgan fingerprint density at radius 1 is 0.714 bits per heavy atom. The fraction of sp³-hybridized carbons (Fsp3) is 0.286. The Hall–Kier alpha value is -3.00. The maximum Gasteiger partial charge on any atom is 0.573 e. The monoisotopic (exact) mass is 644 g/mol. The zero-order chi connectivity index (χ0) is 31.4. The van der Waals surface area contributed by atoms with Crippen molar-refractivity contribution in [1.29, 1.82) is 0 Å². The van der Waals surface area contributed by atoms with E-state index in [1.54, 1.807) is 6.92 Å². The molecule has 0 amide bonds. The maximum absolute atomic E-state index is 14.7. The van der Waals surface area contributed by atoms with Crippen LogP contribution < -0.4 is 9.47 Å². The van der Waals surface area contributed by atoms with Crippen LogP contribution in [0.25, 0.3) is 11.1 Å². The average Bonchev–Trinajstić information content (AvgIpc) is 2.91. The van der Waals surface area contributed by atoms with Crippen LogP contribution in [-0.4, -0.2) is 6.36 Å². The molecule has 0 N–H and O–H groups in total. The standard InChI is InChI=1S/C28H20F10O2.H2S2/c1-2-14-7-9-19(26(33)25(14)32)16-5-3-15(4-6-16)17-11-21(30)24(22(31)12-17)27(34,35)39-18-8-10-23(20(29)13-18)40-28(36,37)38;1-2/h3-6,8,10-14,19H,2,7,9H2,1H3;1-2H. The van der Waals surface area contributed by atoms with Gasteiger partial charge in [-0.05, 0) is 60.2 Å². The molecule has 0 fully saturated rings. The Balaban J connectivity index is 0.00000237. The molecule has 0 saturated heterocycles. The minimum absolute atomic E-state index is 0.138. The highest BCUT2D eigenvalue weighted by atomic mass is 33.1. The molecule has 2 unspecified atom stereocenters. The molecule has 3 aromatic carbocycles. The van der Waals surface area contributed by atoms with E-state index in [9.17, 15) is 43.9 Å². The fourth-order valence-electron chi connectivity index (χ4n) is 4.56. The summed E-state index contributed by atoms with van der Waals surface area (Å²) in [4.78, 5) is 0. The highest BCUT2D eigenvalue weighted by Crippen LogP contribution is 2.43. The van der Waals surface area contributed by atoms with E-state index in [4.69, 9.17) is 0 Å². The van der Waals surface area contributed by atoms with Crippen molar-refractivity contribution in [2.75, 3.05) is 0 Å². The fourth-order valence-corrected chi connectivity index (χ4v) is 4.56. The zero-order valence-corrected chi connectivity index (χ0v) is 23.3. The molecular formula is C28H22F10O2S2. The van der Waals surface area contributed by atoms with E-state index >= 15 is 0 Å². The van der Waals surface area contributed by atoms with Gasteiger partial charge in [0.25, 0.3) is 0 Å². The Kier molecular flexibility index (Phi) is 10.8. The molecular weight excluding hydrogens is 622 g/mol. The first kappa shape index (κ1) is 33.5. The molecule has 42 heavy (non-hydrogen) atoms. The van der Waals surface area contributed by atoms with Crippen molar-refractivity contribution in [3.05, 3.63) is 94.8 Å². The third-order valence-electron chi connectivity index (χ3n) is 6.54. The first-order chi connectivity index (χ1) is 19.7. The van der Waals surface area contributed by atoms with Crippen molar-refractivity contribution < 1.29 is 53.4 Å². The first-order valence-corrected chi connectivity index (χ1v) is 13.8. The SMILES string of the molecule is CCC1CCC(c2ccc(-c3cc(F)c(C(F)(F)Oc4ccc(OC(F)(F)F)c(F)c4)c(F)c3)cc2)C(F)=C1F.SS. The van der Waals surface area contributed by atoms with E-state index in [0.29, 0.717) is 49.1 Å². The van der Waals surface area contributed by atoms with Gasteiger partial charge in [0.1, 0.15) is 34.6 Å². The topological polar surface area (TPSA) is 18.5 Å². The molecule has 2 nitrogen and oxygen atoms in total. The molecule has 1 aliphatic rings. The third-order valence-corrected chi connectivity index (χ3v) is 6.54. The van der Waals surface area contributed by atoms with Gasteiger partial charge in [-0.1, -0.05) is 31.2 Å². The minimum Gasteiger partial charge on any atom is -0.429 e. The van der Waals surface area contributed by atoms with Crippen LogP contribution >= 0.6 is 23.3 Å². The van der Waals surface area contributed by atoms with Gasteiger partial charge in [-0.15, -0.1) is 36.5 Å². The van der Waals surface area contributed by atoms with Crippen LogP contribution in [0.1, 0.15) is 43.2 Å². The summed E-state index contributed by atoms with van der Waals surface area (Å²) in [5, 5.41) is 0. The normalized spacial score (nSPS) is 17.5. The van der Waals surface area contributed by atoms with Crippen LogP contribution in [0, 0.1) is 23.4 Å². The lowest BCUT2D eigenvalue weighted by Crippen LogP contribution is -2.25. The lowest BCUT2D eigenvalue weighted by atomic mass is 9.81. The highest BCUT2D eigenvalue weighted by Gasteiger charge is 2.42. The number of rotatable bonds is 7. The molecule has 0 spiro atoms. The average molecular weight is 645 g/mol. The number of thiol groups is 2. The van der Waals surface area contributed by atoms with E-state index in [2.05, 4.69) is 32.8 Å². The van der Waals surface area contributed by atoms with Gasteiger partial charge in [-0.3, -0.25) is 0 Å². The van der Waals surface area contributed by atoms with E-state index in [1.807, 2.05) is 0 Å². The van der Waals surface area contributed by atoms with Crippen LogP contribution in [0.15, 0.2) is 66.3 Å². The summed E-state index contributed by atoms with van der Waals surface area (Å²) in [7, 11) is 0. The molecule has 0 bridgehead atoms. The number of allylic oxidation sites excluding steroid dienone is 2. The van der Waals surface area contributed by atoms with Crippen molar-refractivity contribution >= 4 is 23.3 Å². The van der Waals surface area contributed by atoms with Crippen molar-refractivity contribution in [2.24, 2.45) is 5.92 Å². The van der Waals surface area contributed by atoms with Crippen molar-refractivity contribution in [3.63, 3.8) is 0 Å². The smallest absolute Gasteiger partial charge is 0.429 e. The van der Waals surface area contributed by atoms with Crippen molar-refractivity contribution in [1.82, 2.24) is 0 Å². The summed E-state index contributed by atoms with van der Waals surface area (Å²) >= 11 is 6.44. The van der Waals surface area contributed by atoms with Gasteiger partial charge in [0.05, 0.1) is 0 Å². The largest absolute Gasteiger partial charge is 0.573 e. The van der Waals surface area contributed by atoms with Gasteiger partial charge in [-0.2, -0.15) is 8.78 Å². The van der Waals surface area contributed by atoms with Gasteiger partial charge in [-0.25, -0.2) is 22.0 Å². The second-order valence-electron chi connectivity index (χ2n) is 9.13. The summed E-state index contributed by atoms with van der Waals surface area (Å²) in [6, 6.07) is 7.84. The van der Waals surface area contributed by atoms with Crippen LogP contribution in [0.4, 0.5) is 43.9 Å². The Labute approximate surface area is 244 Å². The lowest BCUT2D eigenvalue weighted by Gasteiger charge is -2.26. The van der Waals surface area contributed by atoms with E-state index in [1.165, 1.54) is 24.3 Å². The van der Waals surface area contributed by atoms with Crippen LogP contribution in [-0.2, 0) is 6.11 Å². The molecule has 0 radical (unpaired) electrons. The van der Waals surface area contributed by atoms with Crippen LogP contribution in [0.2, 0.25) is 0 Å². The Morgan fingerprint density at radius 2 is 1.31 bits per heavy atom. The van der Waals surface area contributed by atoms with Crippen molar-refractivity contribution in [3.8, 4) is 22.6 Å². The highest BCUT2D eigenvalue weighted by molar-refractivity contribution is 8.59. The van der Waals surface area contributed by atoms with Gasteiger partial charge in [0.15, 0.2) is 11.6 Å². The molecule has 2 atom stereocenters. The number of hydrogen-bond acceptors (Lipinski definition) is 4. The molecule has 4 rings (SSSR count). The molecule has 3 aromatic rings. The number of hydrogen-bond donors (Lipinski definition) is 2. The van der Waals surface area contributed by atoms with E-state index < -0.39 is 70.5 Å². The van der Waals surface area contributed by atoms with E-state index in [0.717, 1.165) is 0 Å². The number of ether oxygens (including phenoxy) is 2. The zero-order valence-electron chi connectivity index (χ0n) is 21.5. The Bertz CT molecular complexity index is 1400. The minimum atomic E-state index is -5.25. The predicted octanol–water partition coefficient (Wildman–Crippen LogP) is 10.6. The number of alkyl halides is 5. The predicted molar refractivity (Wildman–Crippen MR) is 142 cm³/mol. The van der Waals surface area contributed by atoms with Crippen molar-refractivity contribution in [2.45, 2.75) is 44.6 Å². The molecule has 0 aliphatic heterocycles. The lowest BCUT2D eigenvalue weighted by molar-refractivity contribution is -0.275. The maximum atomic E-state index is 14.7. The van der Waals surface area contributed by atoms with Gasteiger partial charge in [0.2, 0.25) is 0 Å². The quantitative estimate of drug-likeness (QED) is 0.152. The second-order valence-corrected chi connectivity index (χ2v) is 9.13. The third kappa shape index (κ3) is 7.68. The summed E-state index contributed by atoms with van der Waals surface area (Å²) in [6.07, 6.45) is -8.66. The molecule has 0 heterocycles. The summed E-state index contributed by atoms with van der Waals surface area (Å²) < 4.78 is 146. The number of halogens is 10. The number of benzene rings is 3. The van der Waals surface area contributed by atoms with Crippen LogP contribution in [0.3, 0.4) is 0 Å². The van der Waals surface area contributed by atoms with Gasteiger partial charge >= 0.3 is 12.5 Å². The van der Waals surface area contributed by atoms with Gasteiger partial charge in [0, 0.05) is 17.9 Å². The molecule has 228 valence electrons. The summed E-state index contributed by atoms with van der Waals surface area (Å²) in [6.45, 7) is 1.76. The summed E-state index contributed by atoms with van der Waals surface area (Å²) in [5.74, 6) is -10.5. The molecule has 14 heteroatoms. The Morgan fingerprint density at radius 3 is 1.83 bits per heavy atom. The first-order valence-electron chi connectivity index (χ1n) is 12.2. The molecule has 0 saturated carbocycles. The molecule has 1 aliphatic carbocycles. The van der Waals surface area contributed by atoms with Crippen LogP contribution in [0.5, 0.6) is 11.5 Å². The molecule has 0 aromatic heterocycles. The second kappa shape index (κ2) is 13.5.